The first-order valence-corrected chi connectivity index (χ1v) is 5.89. The highest BCUT2D eigenvalue weighted by molar-refractivity contribution is 6.20. The summed E-state index contributed by atoms with van der Waals surface area (Å²) in [6, 6.07) is 0. The number of imidazole rings is 1. The maximum atomic E-state index is 6.17. The number of aryl methyl sites for hydroxylation is 1. The van der Waals surface area contributed by atoms with Crippen LogP contribution in [-0.2, 0) is 6.54 Å². The van der Waals surface area contributed by atoms with Crippen molar-refractivity contribution < 1.29 is 0 Å². The van der Waals surface area contributed by atoms with Crippen LogP contribution in [0.5, 0.6) is 0 Å². The second-order valence-electron chi connectivity index (χ2n) is 4.09. The third kappa shape index (κ3) is 2.11. The molecule has 2 rings (SSSR count). The molecule has 2 atom stereocenters. The number of halogens is 1. The molecule has 3 heteroatoms. The molecular formula is C11H17ClN2. The van der Waals surface area contributed by atoms with E-state index in [4.69, 9.17) is 11.6 Å². The van der Waals surface area contributed by atoms with Gasteiger partial charge in [0, 0.05) is 24.0 Å². The summed E-state index contributed by atoms with van der Waals surface area (Å²) in [6.07, 6.45) is 8.86. The van der Waals surface area contributed by atoms with Gasteiger partial charge in [-0.15, -0.1) is 11.6 Å². The summed E-state index contributed by atoms with van der Waals surface area (Å²) in [6.45, 7) is 3.14. The lowest BCUT2D eigenvalue weighted by Crippen LogP contribution is -2.14. The highest BCUT2D eigenvalue weighted by Crippen LogP contribution is 2.34. The maximum absolute atomic E-state index is 6.17. The van der Waals surface area contributed by atoms with Gasteiger partial charge in [-0.1, -0.05) is 6.42 Å². The molecule has 1 saturated carbocycles. The van der Waals surface area contributed by atoms with E-state index in [2.05, 4.69) is 22.7 Å². The average molecular weight is 213 g/mol. The SMILES string of the molecule is CCn1cnc(C2CCCC(Cl)C2)c1. The van der Waals surface area contributed by atoms with Gasteiger partial charge < -0.3 is 4.57 Å². The number of hydrogen-bond acceptors (Lipinski definition) is 1. The first-order valence-electron chi connectivity index (χ1n) is 5.45. The van der Waals surface area contributed by atoms with E-state index in [1.807, 2.05) is 6.33 Å². The van der Waals surface area contributed by atoms with Crippen LogP contribution >= 0.6 is 11.6 Å². The number of aromatic nitrogens is 2. The molecule has 2 unspecified atom stereocenters. The van der Waals surface area contributed by atoms with Crippen molar-refractivity contribution in [1.29, 1.82) is 0 Å². The molecule has 1 aliphatic rings. The number of nitrogens with zero attached hydrogens (tertiary/aromatic N) is 2. The molecule has 0 aromatic carbocycles. The van der Waals surface area contributed by atoms with E-state index in [1.54, 1.807) is 0 Å². The van der Waals surface area contributed by atoms with Crippen LogP contribution < -0.4 is 0 Å². The second-order valence-corrected chi connectivity index (χ2v) is 4.71. The van der Waals surface area contributed by atoms with Crippen LogP contribution in [0.4, 0.5) is 0 Å². The fourth-order valence-electron chi connectivity index (χ4n) is 2.16. The molecule has 0 amide bonds. The monoisotopic (exact) mass is 212 g/mol. The number of hydrogen-bond donors (Lipinski definition) is 0. The largest absolute Gasteiger partial charge is 0.337 e. The Morgan fingerprint density at radius 1 is 1.57 bits per heavy atom. The van der Waals surface area contributed by atoms with Crippen LogP contribution in [0, 0.1) is 0 Å². The quantitative estimate of drug-likeness (QED) is 0.689. The maximum Gasteiger partial charge on any atom is 0.0949 e. The van der Waals surface area contributed by atoms with E-state index >= 15 is 0 Å². The fourth-order valence-corrected chi connectivity index (χ4v) is 2.53. The van der Waals surface area contributed by atoms with Crippen LogP contribution in [0.1, 0.15) is 44.2 Å². The van der Waals surface area contributed by atoms with Gasteiger partial charge in [0.1, 0.15) is 0 Å². The van der Waals surface area contributed by atoms with Crippen molar-refractivity contribution in [2.45, 2.75) is 50.4 Å². The van der Waals surface area contributed by atoms with Crippen molar-refractivity contribution in [1.82, 2.24) is 9.55 Å². The van der Waals surface area contributed by atoms with E-state index in [0.717, 1.165) is 13.0 Å². The van der Waals surface area contributed by atoms with Gasteiger partial charge in [-0.25, -0.2) is 4.98 Å². The zero-order valence-corrected chi connectivity index (χ0v) is 9.37. The smallest absolute Gasteiger partial charge is 0.0949 e. The summed E-state index contributed by atoms with van der Waals surface area (Å²) in [4.78, 5) is 4.45. The molecule has 0 aliphatic heterocycles. The van der Waals surface area contributed by atoms with Crippen LogP contribution in [0.25, 0.3) is 0 Å². The van der Waals surface area contributed by atoms with Gasteiger partial charge >= 0.3 is 0 Å². The average Bonchev–Trinajstić information content (AvgIpc) is 2.66. The fraction of sp³-hybridized carbons (Fsp3) is 0.727. The normalized spacial score (nSPS) is 27.9. The summed E-state index contributed by atoms with van der Waals surface area (Å²) in [5.41, 5.74) is 1.23. The minimum Gasteiger partial charge on any atom is -0.337 e. The molecule has 1 aliphatic carbocycles. The summed E-state index contributed by atoms with van der Waals surface area (Å²) < 4.78 is 2.13. The molecule has 0 saturated heterocycles. The van der Waals surface area contributed by atoms with Crippen LogP contribution in [0.3, 0.4) is 0 Å². The van der Waals surface area contributed by atoms with Crippen molar-refractivity contribution >= 4 is 11.6 Å². The number of rotatable bonds is 2. The Balaban J connectivity index is 2.06. The van der Waals surface area contributed by atoms with Gasteiger partial charge in [0.15, 0.2) is 0 Å². The van der Waals surface area contributed by atoms with E-state index in [-0.39, 0.29) is 0 Å². The minimum atomic E-state index is 0.362. The molecule has 0 bridgehead atoms. The van der Waals surface area contributed by atoms with Gasteiger partial charge in [-0.3, -0.25) is 0 Å². The van der Waals surface area contributed by atoms with E-state index in [1.165, 1.54) is 25.0 Å². The molecule has 0 spiro atoms. The molecule has 78 valence electrons. The van der Waals surface area contributed by atoms with Gasteiger partial charge in [-0.2, -0.15) is 0 Å². The molecular weight excluding hydrogens is 196 g/mol. The van der Waals surface area contributed by atoms with E-state index in [9.17, 15) is 0 Å². The van der Waals surface area contributed by atoms with Gasteiger partial charge in [-0.05, 0) is 26.2 Å². The van der Waals surface area contributed by atoms with Crippen molar-refractivity contribution in [3.8, 4) is 0 Å². The van der Waals surface area contributed by atoms with Crippen LogP contribution in [0.2, 0.25) is 0 Å². The van der Waals surface area contributed by atoms with Crippen molar-refractivity contribution in [2.24, 2.45) is 0 Å². The Hall–Kier alpha value is -0.500. The highest BCUT2D eigenvalue weighted by atomic mass is 35.5. The van der Waals surface area contributed by atoms with Crippen LogP contribution in [0.15, 0.2) is 12.5 Å². The molecule has 1 fully saturated rings. The molecule has 1 heterocycles. The molecule has 1 aromatic rings. The standard InChI is InChI=1S/C11H17ClN2/c1-2-14-7-11(13-8-14)9-4-3-5-10(12)6-9/h7-10H,2-6H2,1H3. The molecule has 14 heavy (non-hydrogen) atoms. The zero-order valence-electron chi connectivity index (χ0n) is 8.62. The van der Waals surface area contributed by atoms with Crippen molar-refractivity contribution in [3.05, 3.63) is 18.2 Å². The lowest BCUT2D eigenvalue weighted by Gasteiger charge is -2.23. The summed E-state index contributed by atoms with van der Waals surface area (Å²) in [5.74, 6) is 0.596. The third-order valence-electron chi connectivity index (χ3n) is 3.05. The van der Waals surface area contributed by atoms with E-state index < -0.39 is 0 Å². The second kappa shape index (κ2) is 4.35. The Kier molecular flexibility index (Phi) is 3.12. The summed E-state index contributed by atoms with van der Waals surface area (Å²) in [5, 5.41) is 0.362. The Bertz CT molecular complexity index is 295. The Morgan fingerprint density at radius 2 is 2.43 bits per heavy atom. The molecule has 0 radical (unpaired) electrons. The van der Waals surface area contributed by atoms with Crippen molar-refractivity contribution in [3.63, 3.8) is 0 Å². The highest BCUT2D eigenvalue weighted by Gasteiger charge is 2.23. The lowest BCUT2D eigenvalue weighted by atomic mass is 9.87. The Labute approximate surface area is 90.3 Å². The minimum absolute atomic E-state index is 0.362. The lowest BCUT2D eigenvalue weighted by molar-refractivity contribution is 0.443. The zero-order chi connectivity index (χ0) is 9.97. The van der Waals surface area contributed by atoms with E-state index in [0.29, 0.717) is 11.3 Å². The summed E-state index contributed by atoms with van der Waals surface area (Å²) in [7, 11) is 0. The predicted octanol–water partition coefficient (Wildman–Crippen LogP) is 3.17. The number of alkyl halides is 1. The van der Waals surface area contributed by atoms with Gasteiger partial charge in [0.05, 0.1) is 12.0 Å². The third-order valence-corrected chi connectivity index (χ3v) is 3.44. The van der Waals surface area contributed by atoms with Gasteiger partial charge in [0.2, 0.25) is 0 Å². The first-order chi connectivity index (χ1) is 6.79. The summed E-state index contributed by atoms with van der Waals surface area (Å²) >= 11 is 6.17. The molecule has 1 aromatic heterocycles. The topological polar surface area (TPSA) is 17.8 Å². The predicted molar refractivity (Wildman–Crippen MR) is 58.8 cm³/mol. The molecule has 0 N–H and O–H groups in total. The molecule has 2 nitrogen and oxygen atoms in total. The Morgan fingerprint density at radius 3 is 3.07 bits per heavy atom. The first kappa shape index (κ1) is 10.0. The van der Waals surface area contributed by atoms with Crippen LogP contribution in [-0.4, -0.2) is 14.9 Å². The van der Waals surface area contributed by atoms with Crippen molar-refractivity contribution in [2.75, 3.05) is 0 Å². The van der Waals surface area contributed by atoms with Gasteiger partial charge in [0.25, 0.3) is 0 Å².